The van der Waals surface area contributed by atoms with Gasteiger partial charge in [0.15, 0.2) is 11.5 Å². The van der Waals surface area contributed by atoms with Gasteiger partial charge in [0.1, 0.15) is 18.5 Å². The molecule has 3 aromatic carbocycles. The Kier molecular flexibility index (Phi) is 5.81. The molecule has 4 aromatic rings. The standard InChI is InChI=1S/C24H18N4O4/c1-31-22-11-8-17(12-18(14-25)24-26-20-4-2-3-5-21(20)27-24)13-23(22)32-15-16-6-9-19(10-7-16)28(29)30/h2-13H,15H2,1H3,(H,26,27)/b18-12+. The minimum atomic E-state index is -0.446. The third-order valence-electron chi connectivity index (χ3n) is 4.81. The molecule has 0 radical (unpaired) electrons. The number of methoxy groups -OCH3 is 1. The van der Waals surface area contributed by atoms with Gasteiger partial charge in [-0.1, -0.05) is 18.2 Å². The Morgan fingerprint density at radius 1 is 1.16 bits per heavy atom. The van der Waals surface area contributed by atoms with E-state index in [1.807, 2.05) is 30.3 Å². The number of fused-ring (bicyclic) bond motifs is 1. The summed E-state index contributed by atoms with van der Waals surface area (Å²) in [5.74, 6) is 1.51. The molecule has 0 atom stereocenters. The topological polar surface area (TPSA) is 114 Å². The van der Waals surface area contributed by atoms with Gasteiger partial charge >= 0.3 is 0 Å². The summed E-state index contributed by atoms with van der Waals surface area (Å²) in [5.41, 5.74) is 3.55. The second-order valence-corrected chi connectivity index (χ2v) is 6.89. The number of allylic oxidation sites excluding steroid dienone is 1. The van der Waals surface area contributed by atoms with Crippen LogP contribution in [0.15, 0.2) is 66.7 Å². The van der Waals surface area contributed by atoms with Crippen molar-refractivity contribution in [1.82, 2.24) is 9.97 Å². The van der Waals surface area contributed by atoms with Crippen molar-refractivity contribution in [2.45, 2.75) is 6.61 Å². The van der Waals surface area contributed by atoms with Crippen molar-refractivity contribution < 1.29 is 14.4 Å². The Bertz CT molecular complexity index is 1320. The molecule has 0 fully saturated rings. The molecular weight excluding hydrogens is 408 g/mol. The van der Waals surface area contributed by atoms with E-state index in [-0.39, 0.29) is 12.3 Å². The smallest absolute Gasteiger partial charge is 0.269 e. The molecule has 0 spiro atoms. The molecule has 0 saturated carbocycles. The van der Waals surface area contributed by atoms with Gasteiger partial charge < -0.3 is 14.5 Å². The molecule has 1 aromatic heterocycles. The summed E-state index contributed by atoms with van der Waals surface area (Å²) >= 11 is 0. The van der Waals surface area contributed by atoms with Crippen LogP contribution in [-0.2, 0) is 6.61 Å². The normalized spacial score (nSPS) is 11.2. The first-order valence-corrected chi connectivity index (χ1v) is 9.68. The van der Waals surface area contributed by atoms with Gasteiger partial charge in [-0.25, -0.2) is 4.98 Å². The van der Waals surface area contributed by atoms with E-state index >= 15 is 0 Å². The van der Waals surface area contributed by atoms with Crippen LogP contribution in [0.2, 0.25) is 0 Å². The molecular formula is C24H18N4O4. The number of nitro benzene ring substituents is 1. The number of nitrogens with zero attached hydrogens (tertiary/aromatic N) is 3. The van der Waals surface area contributed by atoms with Crippen LogP contribution in [0.25, 0.3) is 22.7 Å². The molecule has 1 heterocycles. The van der Waals surface area contributed by atoms with Crippen LogP contribution in [0.4, 0.5) is 5.69 Å². The molecule has 8 heteroatoms. The fraction of sp³-hybridized carbons (Fsp3) is 0.0833. The molecule has 0 aliphatic heterocycles. The third-order valence-corrected chi connectivity index (χ3v) is 4.81. The Labute approximate surface area is 183 Å². The second-order valence-electron chi connectivity index (χ2n) is 6.89. The van der Waals surface area contributed by atoms with E-state index in [1.54, 1.807) is 37.5 Å². The number of benzene rings is 3. The number of aromatic amines is 1. The van der Waals surface area contributed by atoms with Crippen LogP contribution in [0.5, 0.6) is 11.5 Å². The van der Waals surface area contributed by atoms with Gasteiger partial charge in [0, 0.05) is 12.1 Å². The molecule has 0 amide bonds. The number of H-pyrrole nitrogens is 1. The molecule has 1 N–H and O–H groups in total. The molecule has 0 bridgehead atoms. The summed E-state index contributed by atoms with van der Waals surface area (Å²) in [6, 6.07) is 21.2. The number of hydrogen-bond acceptors (Lipinski definition) is 6. The van der Waals surface area contributed by atoms with Crippen LogP contribution in [-0.4, -0.2) is 22.0 Å². The van der Waals surface area contributed by atoms with Crippen LogP contribution < -0.4 is 9.47 Å². The van der Waals surface area contributed by atoms with E-state index < -0.39 is 4.92 Å². The molecule has 158 valence electrons. The van der Waals surface area contributed by atoms with Crippen molar-refractivity contribution in [3.8, 4) is 17.6 Å². The Balaban J connectivity index is 1.59. The van der Waals surface area contributed by atoms with E-state index in [0.29, 0.717) is 22.9 Å². The van der Waals surface area contributed by atoms with Crippen molar-refractivity contribution in [2.75, 3.05) is 7.11 Å². The lowest BCUT2D eigenvalue weighted by Crippen LogP contribution is -1.98. The quantitative estimate of drug-likeness (QED) is 0.249. The highest BCUT2D eigenvalue weighted by Crippen LogP contribution is 2.30. The molecule has 0 aliphatic rings. The molecule has 0 saturated heterocycles. The third kappa shape index (κ3) is 4.42. The van der Waals surface area contributed by atoms with Crippen molar-refractivity contribution in [1.29, 1.82) is 5.26 Å². The van der Waals surface area contributed by atoms with Crippen LogP contribution in [0, 0.1) is 21.4 Å². The molecule has 0 aliphatic carbocycles. The first kappa shape index (κ1) is 20.6. The highest BCUT2D eigenvalue weighted by molar-refractivity contribution is 5.90. The van der Waals surface area contributed by atoms with E-state index in [2.05, 4.69) is 16.0 Å². The van der Waals surface area contributed by atoms with E-state index in [1.165, 1.54) is 12.1 Å². The Hall–Kier alpha value is -4.64. The fourth-order valence-electron chi connectivity index (χ4n) is 3.17. The van der Waals surface area contributed by atoms with Gasteiger partial charge in [-0.05, 0) is 53.6 Å². The van der Waals surface area contributed by atoms with Gasteiger partial charge in [-0.15, -0.1) is 0 Å². The lowest BCUT2D eigenvalue weighted by atomic mass is 10.1. The number of aromatic nitrogens is 2. The van der Waals surface area contributed by atoms with Crippen LogP contribution in [0.3, 0.4) is 0 Å². The minimum Gasteiger partial charge on any atom is -0.493 e. The van der Waals surface area contributed by atoms with E-state index in [4.69, 9.17) is 9.47 Å². The predicted molar refractivity (Wildman–Crippen MR) is 120 cm³/mol. The summed E-state index contributed by atoms with van der Waals surface area (Å²) in [6.45, 7) is 0.205. The average Bonchev–Trinajstić information content (AvgIpc) is 3.25. The average molecular weight is 426 g/mol. The summed E-state index contributed by atoms with van der Waals surface area (Å²) in [7, 11) is 1.54. The largest absolute Gasteiger partial charge is 0.493 e. The zero-order valence-corrected chi connectivity index (χ0v) is 17.1. The molecule has 32 heavy (non-hydrogen) atoms. The van der Waals surface area contributed by atoms with Gasteiger partial charge in [0.2, 0.25) is 0 Å². The summed E-state index contributed by atoms with van der Waals surface area (Å²) in [5, 5.41) is 20.5. The molecule has 4 rings (SSSR count). The number of nitriles is 1. The Morgan fingerprint density at radius 3 is 2.62 bits per heavy atom. The first-order valence-electron chi connectivity index (χ1n) is 9.68. The zero-order chi connectivity index (χ0) is 22.5. The zero-order valence-electron chi connectivity index (χ0n) is 17.1. The van der Waals surface area contributed by atoms with Gasteiger partial charge in [-0.2, -0.15) is 5.26 Å². The van der Waals surface area contributed by atoms with Crippen molar-refractivity contribution in [3.05, 3.63) is 93.8 Å². The maximum absolute atomic E-state index is 10.8. The maximum Gasteiger partial charge on any atom is 0.269 e. The Morgan fingerprint density at radius 2 is 1.94 bits per heavy atom. The number of nitrogens with one attached hydrogen (secondary N) is 1. The van der Waals surface area contributed by atoms with E-state index in [0.717, 1.165) is 22.2 Å². The monoisotopic (exact) mass is 426 g/mol. The number of nitro groups is 1. The molecule has 8 nitrogen and oxygen atoms in total. The number of hydrogen-bond donors (Lipinski definition) is 1. The molecule has 0 unspecified atom stereocenters. The highest BCUT2D eigenvalue weighted by Gasteiger charge is 2.11. The number of imidazole rings is 1. The summed E-state index contributed by atoms with van der Waals surface area (Å²) in [6.07, 6.45) is 1.72. The number of para-hydroxylation sites is 2. The maximum atomic E-state index is 10.8. The minimum absolute atomic E-state index is 0.0214. The van der Waals surface area contributed by atoms with Gasteiger partial charge in [0.05, 0.1) is 28.6 Å². The second kappa shape index (κ2) is 9.02. The van der Waals surface area contributed by atoms with Crippen LogP contribution in [0.1, 0.15) is 17.0 Å². The lowest BCUT2D eigenvalue weighted by Gasteiger charge is -2.11. The van der Waals surface area contributed by atoms with Gasteiger partial charge in [-0.3, -0.25) is 10.1 Å². The predicted octanol–water partition coefficient (Wildman–Crippen LogP) is 5.12. The lowest BCUT2D eigenvalue weighted by molar-refractivity contribution is -0.384. The number of non-ortho nitro benzene ring substituents is 1. The SMILES string of the molecule is COc1ccc(/C=C(\C#N)c2nc3ccccc3[nH]2)cc1OCc1ccc([N+](=O)[O-])cc1. The number of rotatable bonds is 7. The van der Waals surface area contributed by atoms with Crippen molar-refractivity contribution in [2.24, 2.45) is 0 Å². The highest BCUT2D eigenvalue weighted by atomic mass is 16.6. The fourth-order valence-corrected chi connectivity index (χ4v) is 3.17. The van der Waals surface area contributed by atoms with E-state index in [9.17, 15) is 15.4 Å². The van der Waals surface area contributed by atoms with Crippen LogP contribution >= 0.6 is 0 Å². The number of ether oxygens (including phenoxy) is 2. The van der Waals surface area contributed by atoms with Crippen molar-refractivity contribution in [3.63, 3.8) is 0 Å². The van der Waals surface area contributed by atoms with Gasteiger partial charge in [0.25, 0.3) is 5.69 Å². The summed E-state index contributed by atoms with van der Waals surface area (Å²) in [4.78, 5) is 18.0. The van der Waals surface area contributed by atoms with Crippen molar-refractivity contribution >= 4 is 28.4 Å². The summed E-state index contributed by atoms with van der Waals surface area (Å²) < 4.78 is 11.3. The first-order chi connectivity index (χ1) is 15.6.